The van der Waals surface area contributed by atoms with Crippen LogP contribution in [0.2, 0.25) is 0 Å². The lowest BCUT2D eigenvalue weighted by Crippen LogP contribution is -2.30. The molecule has 0 aliphatic carbocycles. The van der Waals surface area contributed by atoms with Crippen LogP contribution in [-0.4, -0.2) is 56.2 Å². The van der Waals surface area contributed by atoms with E-state index in [4.69, 9.17) is 0 Å². The number of halogens is 1. The van der Waals surface area contributed by atoms with Crippen molar-refractivity contribution in [3.63, 3.8) is 0 Å². The second kappa shape index (κ2) is 4.67. The molecule has 0 amide bonds. The lowest BCUT2D eigenvalue weighted by Gasteiger charge is -2.17. The van der Waals surface area contributed by atoms with Gasteiger partial charge in [0, 0.05) is 19.6 Å². The highest BCUT2D eigenvalue weighted by Crippen LogP contribution is 1.99. The van der Waals surface area contributed by atoms with Gasteiger partial charge in [0.1, 0.15) is 6.67 Å². The van der Waals surface area contributed by atoms with Crippen LogP contribution in [0.1, 0.15) is 6.42 Å². The standard InChI is InChI=1S/C8H17FN2/c1-10-4-2-5-11(6-3-9)8-7-10/h2-8H2,1H3. The number of rotatable bonds is 2. The van der Waals surface area contributed by atoms with Crippen LogP contribution in [0.4, 0.5) is 4.39 Å². The van der Waals surface area contributed by atoms with Gasteiger partial charge in [0.15, 0.2) is 0 Å². The molecule has 3 heteroatoms. The lowest BCUT2D eigenvalue weighted by atomic mass is 10.4. The van der Waals surface area contributed by atoms with Crippen LogP contribution in [0, 0.1) is 0 Å². The Morgan fingerprint density at radius 3 is 2.73 bits per heavy atom. The van der Waals surface area contributed by atoms with Crippen LogP contribution >= 0.6 is 0 Å². The van der Waals surface area contributed by atoms with E-state index in [-0.39, 0.29) is 6.67 Å². The minimum absolute atomic E-state index is 0.205. The fourth-order valence-corrected chi connectivity index (χ4v) is 1.44. The van der Waals surface area contributed by atoms with Gasteiger partial charge >= 0.3 is 0 Å². The Morgan fingerprint density at radius 1 is 1.18 bits per heavy atom. The van der Waals surface area contributed by atoms with Crippen LogP contribution in [0.3, 0.4) is 0 Å². The number of hydrogen-bond donors (Lipinski definition) is 0. The largest absolute Gasteiger partial charge is 0.305 e. The molecule has 1 saturated heterocycles. The van der Waals surface area contributed by atoms with Crippen molar-refractivity contribution in [3.05, 3.63) is 0 Å². The van der Waals surface area contributed by atoms with Gasteiger partial charge in [-0.05, 0) is 26.6 Å². The molecule has 1 aliphatic rings. The number of nitrogens with zero attached hydrogens (tertiary/aromatic N) is 2. The molecule has 66 valence electrons. The van der Waals surface area contributed by atoms with E-state index >= 15 is 0 Å². The van der Waals surface area contributed by atoms with Gasteiger partial charge in [0.25, 0.3) is 0 Å². The summed E-state index contributed by atoms with van der Waals surface area (Å²) in [5, 5.41) is 0. The summed E-state index contributed by atoms with van der Waals surface area (Å²) in [6, 6.07) is 0. The minimum atomic E-state index is -0.205. The van der Waals surface area contributed by atoms with Crippen molar-refractivity contribution in [3.8, 4) is 0 Å². The molecule has 0 unspecified atom stereocenters. The maximum Gasteiger partial charge on any atom is 0.102 e. The third-order valence-corrected chi connectivity index (χ3v) is 2.21. The number of likely N-dealkylation sites (N-methyl/N-ethyl adjacent to an activating group) is 1. The summed E-state index contributed by atoms with van der Waals surface area (Å²) < 4.78 is 12.0. The predicted molar refractivity (Wildman–Crippen MR) is 44.5 cm³/mol. The van der Waals surface area contributed by atoms with Gasteiger partial charge in [-0.3, -0.25) is 4.90 Å². The van der Waals surface area contributed by atoms with Crippen LogP contribution in [0.5, 0.6) is 0 Å². The lowest BCUT2D eigenvalue weighted by molar-refractivity contribution is 0.252. The van der Waals surface area contributed by atoms with Gasteiger partial charge in [-0.1, -0.05) is 0 Å². The van der Waals surface area contributed by atoms with Gasteiger partial charge in [0.2, 0.25) is 0 Å². The molecule has 1 aliphatic heterocycles. The molecule has 11 heavy (non-hydrogen) atoms. The summed E-state index contributed by atoms with van der Waals surface area (Å²) in [5.74, 6) is 0. The molecule has 0 saturated carbocycles. The zero-order chi connectivity index (χ0) is 8.10. The Morgan fingerprint density at radius 2 is 2.00 bits per heavy atom. The Bertz CT molecular complexity index is 108. The van der Waals surface area contributed by atoms with E-state index in [2.05, 4.69) is 16.8 Å². The molecule has 0 spiro atoms. The topological polar surface area (TPSA) is 6.48 Å². The summed E-state index contributed by atoms with van der Waals surface area (Å²) >= 11 is 0. The normalized spacial score (nSPS) is 23.5. The monoisotopic (exact) mass is 160 g/mol. The van der Waals surface area contributed by atoms with Crippen molar-refractivity contribution in [1.29, 1.82) is 0 Å². The molecule has 0 N–H and O–H groups in total. The quantitative estimate of drug-likeness (QED) is 0.583. The predicted octanol–water partition coefficient (Wildman–Crippen LogP) is 0.593. The second-order valence-electron chi connectivity index (χ2n) is 3.19. The summed E-state index contributed by atoms with van der Waals surface area (Å²) in [6.45, 7) is 4.75. The molecule has 1 heterocycles. The minimum Gasteiger partial charge on any atom is -0.305 e. The van der Waals surface area contributed by atoms with Crippen molar-refractivity contribution in [2.75, 3.05) is 46.4 Å². The average Bonchev–Trinajstić information content (AvgIpc) is 2.17. The maximum absolute atomic E-state index is 12.0. The third-order valence-electron chi connectivity index (χ3n) is 2.21. The third kappa shape index (κ3) is 3.16. The highest BCUT2D eigenvalue weighted by Gasteiger charge is 2.10. The molecule has 0 aromatic heterocycles. The highest BCUT2D eigenvalue weighted by atomic mass is 19.1. The maximum atomic E-state index is 12.0. The Hall–Kier alpha value is -0.150. The van der Waals surface area contributed by atoms with E-state index in [1.165, 1.54) is 6.42 Å². The fourth-order valence-electron chi connectivity index (χ4n) is 1.44. The molecular weight excluding hydrogens is 143 g/mol. The highest BCUT2D eigenvalue weighted by molar-refractivity contribution is 4.66. The van der Waals surface area contributed by atoms with Gasteiger partial charge in [-0.2, -0.15) is 0 Å². The first-order valence-corrected chi connectivity index (χ1v) is 4.30. The molecular formula is C8H17FN2. The van der Waals surface area contributed by atoms with Gasteiger partial charge < -0.3 is 4.90 Å². The Kier molecular flexibility index (Phi) is 3.80. The smallest absolute Gasteiger partial charge is 0.102 e. The van der Waals surface area contributed by atoms with E-state index in [1.807, 2.05) is 0 Å². The summed E-state index contributed by atoms with van der Waals surface area (Å²) in [6.07, 6.45) is 1.18. The SMILES string of the molecule is CN1CCCN(CCF)CC1. The number of alkyl halides is 1. The Labute approximate surface area is 68.0 Å². The molecule has 2 nitrogen and oxygen atoms in total. The van der Waals surface area contributed by atoms with Crippen molar-refractivity contribution >= 4 is 0 Å². The second-order valence-corrected chi connectivity index (χ2v) is 3.19. The molecule has 0 aromatic rings. The number of hydrogen-bond acceptors (Lipinski definition) is 2. The molecule has 0 bridgehead atoms. The average molecular weight is 160 g/mol. The van der Waals surface area contributed by atoms with E-state index in [1.54, 1.807) is 0 Å². The first-order valence-electron chi connectivity index (χ1n) is 4.30. The van der Waals surface area contributed by atoms with Crippen LogP contribution < -0.4 is 0 Å². The zero-order valence-corrected chi connectivity index (χ0v) is 7.22. The summed E-state index contributed by atoms with van der Waals surface area (Å²) in [4.78, 5) is 4.50. The molecule has 0 atom stereocenters. The van der Waals surface area contributed by atoms with Crippen LogP contribution in [0.25, 0.3) is 0 Å². The zero-order valence-electron chi connectivity index (χ0n) is 7.22. The molecule has 1 fully saturated rings. The van der Waals surface area contributed by atoms with Crippen LogP contribution in [-0.2, 0) is 0 Å². The summed E-state index contributed by atoms with van der Waals surface area (Å²) in [7, 11) is 2.12. The van der Waals surface area contributed by atoms with Crippen LogP contribution in [0.15, 0.2) is 0 Å². The first kappa shape index (κ1) is 8.94. The molecule has 0 aromatic carbocycles. The van der Waals surface area contributed by atoms with Gasteiger partial charge in [0.05, 0.1) is 0 Å². The van der Waals surface area contributed by atoms with Gasteiger partial charge in [-0.15, -0.1) is 0 Å². The van der Waals surface area contributed by atoms with Crippen molar-refractivity contribution in [2.45, 2.75) is 6.42 Å². The fraction of sp³-hybridized carbons (Fsp3) is 1.00. The van der Waals surface area contributed by atoms with E-state index in [0.717, 1.165) is 26.2 Å². The van der Waals surface area contributed by atoms with Crippen molar-refractivity contribution < 1.29 is 4.39 Å². The molecule has 0 radical (unpaired) electrons. The van der Waals surface area contributed by atoms with Crippen molar-refractivity contribution in [1.82, 2.24) is 9.80 Å². The van der Waals surface area contributed by atoms with E-state index in [9.17, 15) is 4.39 Å². The summed E-state index contributed by atoms with van der Waals surface area (Å²) in [5.41, 5.74) is 0. The molecule has 1 rings (SSSR count). The Balaban J connectivity index is 2.22. The van der Waals surface area contributed by atoms with Crippen molar-refractivity contribution in [2.24, 2.45) is 0 Å². The van der Waals surface area contributed by atoms with E-state index in [0.29, 0.717) is 6.54 Å². The van der Waals surface area contributed by atoms with Gasteiger partial charge in [-0.25, -0.2) is 4.39 Å². The van der Waals surface area contributed by atoms with E-state index < -0.39 is 0 Å². The first-order chi connectivity index (χ1) is 5.33.